The highest BCUT2D eigenvalue weighted by Crippen LogP contribution is 1.88. The van der Waals surface area contributed by atoms with Crippen molar-refractivity contribution >= 4 is 5.91 Å². The predicted molar refractivity (Wildman–Crippen MR) is 51.0 cm³/mol. The minimum atomic E-state index is -0.00787. The van der Waals surface area contributed by atoms with Crippen LogP contribution in [0, 0.1) is 0 Å². The van der Waals surface area contributed by atoms with Crippen molar-refractivity contribution in [3.05, 3.63) is 12.7 Å². The molecule has 1 amide bonds. The first-order chi connectivity index (χ1) is 5.72. The van der Waals surface area contributed by atoms with Gasteiger partial charge >= 0.3 is 0 Å². The lowest BCUT2D eigenvalue weighted by Crippen LogP contribution is -2.28. The van der Waals surface area contributed by atoms with Crippen LogP contribution in [0.4, 0.5) is 0 Å². The lowest BCUT2D eigenvalue weighted by molar-refractivity contribution is -0.124. The molecule has 0 rings (SSSR count). The van der Waals surface area contributed by atoms with Crippen molar-refractivity contribution in [2.75, 3.05) is 26.7 Å². The maximum Gasteiger partial charge on any atom is 0.245 e. The average Bonchev–Trinajstić information content (AvgIpc) is 2.10. The quantitative estimate of drug-likeness (QED) is 0.468. The van der Waals surface area contributed by atoms with Crippen LogP contribution in [0.3, 0.4) is 0 Å². The van der Waals surface area contributed by atoms with E-state index in [1.54, 1.807) is 11.9 Å². The van der Waals surface area contributed by atoms with Crippen LogP contribution >= 0.6 is 0 Å². The first-order valence-corrected chi connectivity index (χ1v) is 4.30. The molecule has 0 spiro atoms. The molecule has 0 aromatic rings. The van der Waals surface area contributed by atoms with Crippen molar-refractivity contribution in [2.45, 2.75) is 13.3 Å². The Kier molecular flexibility index (Phi) is 6.38. The third-order valence-electron chi connectivity index (χ3n) is 1.65. The molecule has 70 valence electrons. The summed E-state index contributed by atoms with van der Waals surface area (Å²) in [5.74, 6) is -0.00787. The topological polar surface area (TPSA) is 32.3 Å². The molecular formula is C9H18N2O. The fourth-order valence-corrected chi connectivity index (χ4v) is 0.884. The van der Waals surface area contributed by atoms with Gasteiger partial charge in [0.2, 0.25) is 5.91 Å². The van der Waals surface area contributed by atoms with E-state index in [0.29, 0.717) is 0 Å². The SMILES string of the molecule is C=CC(=O)N(C)CCCNCC. The zero-order valence-electron chi connectivity index (χ0n) is 7.97. The molecule has 0 heterocycles. The summed E-state index contributed by atoms with van der Waals surface area (Å²) in [7, 11) is 1.79. The zero-order valence-corrected chi connectivity index (χ0v) is 7.97. The second kappa shape index (κ2) is 6.85. The highest BCUT2D eigenvalue weighted by Gasteiger charge is 2.01. The molecular weight excluding hydrogens is 152 g/mol. The van der Waals surface area contributed by atoms with E-state index in [1.807, 2.05) is 0 Å². The Morgan fingerprint density at radius 1 is 1.67 bits per heavy atom. The van der Waals surface area contributed by atoms with Crippen LogP contribution in [0.25, 0.3) is 0 Å². The number of carbonyl (C=O) groups excluding carboxylic acids is 1. The molecule has 0 fully saturated rings. The largest absolute Gasteiger partial charge is 0.342 e. The summed E-state index contributed by atoms with van der Waals surface area (Å²) in [6, 6.07) is 0. The number of carbonyl (C=O) groups is 1. The number of hydrogen-bond acceptors (Lipinski definition) is 2. The molecule has 0 saturated carbocycles. The van der Waals surface area contributed by atoms with E-state index in [1.165, 1.54) is 6.08 Å². The third kappa shape index (κ3) is 4.91. The highest BCUT2D eigenvalue weighted by molar-refractivity contribution is 5.86. The van der Waals surface area contributed by atoms with Crippen LogP contribution < -0.4 is 5.32 Å². The van der Waals surface area contributed by atoms with Crippen LogP contribution in [0.2, 0.25) is 0 Å². The molecule has 12 heavy (non-hydrogen) atoms. The van der Waals surface area contributed by atoms with Gasteiger partial charge in [0.25, 0.3) is 0 Å². The summed E-state index contributed by atoms with van der Waals surface area (Å²) >= 11 is 0. The zero-order chi connectivity index (χ0) is 9.40. The molecule has 0 aromatic carbocycles. The Morgan fingerprint density at radius 2 is 2.33 bits per heavy atom. The standard InChI is InChI=1S/C9H18N2O/c1-4-9(12)11(3)8-6-7-10-5-2/h4,10H,1,5-8H2,2-3H3. The maximum absolute atomic E-state index is 11.0. The molecule has 0 aliphatic rings. The predicted octanol–water partition coefficient (Wildman–Crippen LogP) is 0.630. The molecule has 0 aromatic heterocycles. The van der Waals surface area contributed by atoms with Gasteiger partial charge in [-0.3, -0.25) is 4.79 Å². The molecule has 0 radical (unpaired) electrons. The van der Waals surface area contributed by atoms with Crippen molar-refractivity contribution in [3.8, 4) is 0 Å². The molecule has 0 unspecified atom stereocenters. The number of hydrogen-bond donors (Lipinski definition) is 1. The van der Waals surface area contributed by atoms with E-state index in [-0.39, 0.29) is 5.91 Å². The lowest BCUT2D eigenvalue weighted by atomic mass is 10.4. The normalized spacial score (nSPS) is 9.50. The average molecular weight is 170 g/mol. The molecule has 1 N–H and O–H groups in total. The fraction of sp³-hybridized carbons (Fsp3) is 0.667. The lowest BCUT2D eigenvalue weighted by Gasteiger charge is -2.14. The number of likely N-dealkylation sites (N-methyl/N-ethyl adjacent to an activating group) is 1. The van der Waals surface area contributed by atoms with E-state index in [4.69, 9.17) is 0 Å². The Balaban J connectivity index is 3.37. The smallest absolute Gasteiger partial charge is 0.245 e. The summed E-state index contributed by atoms with van der Waals surface area (Å²) in [4.78, 5) is 12.6. The van der Waals surface area contributed by atoms with Gasteiger partial charge in [-0.05, 0) is 25.6 Å². The molecule has 3 nitrogen and oxygen atoms in total. The first-order valence-electron chi connectivity index (χ1n) is 4.30. The number of rotatable bonds is 6. The minimum absolute atomic E-state index is 0.00787. The van der Waals surface area contributed by atoms with Gasteiger partial charge in [-0.1, -0.05) is 13.5 Å². The van der Waals surface area contributed by atoms with Crippen molar-refractivity contribution in [1.29, 1.82) is 0 Å². The second-order valence-electron chi connectivity index (χ2n) is 2.67. The second-order valence-corrected chi connectivity index (χ2v) is 2.67. The van der Waals surface area contributed by atoms with Crippen LogP contribution in [0.5, 0.6) is 0 Å². The van der Waals surface area contributed by atoms with Crippen LogP contribution in [-0.4, -0.2) is 37.5 Å². The highest BCUT2D eigenvalue weighted by atomic mass is 16.2. The molecule has 3 heteroatoms. The summed E-state index contributed by atoms with van der Waals surface area (Å²) < 4.78 is 0. The fourth-order valence-electron chi connectivity index (χ4n) is 0.884. The summed E-state index contributed by atoms with van der Waals surface area (Å²) in [5.41, 5.74) is 0. The van der Waals surface area contributed by atoms with Crippen molar-refractivity contribution < 1.29 is 4.79 Å². The van der Waals surface area contributed by atoms with Crippen LogP contribution in [-0.2, 0) is 4.79 Å². The molecule has 0 saturated heterocycles. The van der Waals surface area contributed by atoms with Gasteiger partial charge in [-0.2, -0.15) is 0 Å². The summed E-state index contributed by atoms with van der Waals surface area (Å²) in [6.07, 6.45) is 2.33. The van der Waals surface area contributed by atoms with E-state index in [0.717, 1.165) is 26.1 Å². The Hall–Kier alpha value is -0.830. The van der Waals surface area contributed by atoms with E-state index in [2.05, 4.69) is 18.8 Å². The van der Waals surface area contributed by atoms with Crippen molar-refractivity contribution in [1.82, 2.24) is 10.2 Å². The summed E-state index contributed by atoms with van der Waals surface area (Å²) in [5, 5.41) is 3.20. The van der Waals surface area contributed by atoms with E-state index >= 15 is 0 Å². The maximum atomic E-state index is 11.0. The molecule has 0 atom stereocenters. The van der Waals surface area contributed by atoms with Gasteiger partial charge in [-0.15, -0.1) is 0 Å². The third-order valence-corrected chi connectivity index (χ3v) is 1.65. The van der Waals surface area contributed by atoms with Gasteiger partial charge < -0.3 is 10.2 Å². The van der Waals surface area contributed by atoms with Gasteiger partial charge in [0.05, 0.1) is 0 Å². The molecule has 0 aliphatic heterocycles. The molecule has 0 aliphatic carbocycles. The van der Waals surface area contributed by atoms with Gasteiger partial charge in [-0.25, -0.2) is 0 Å². The monoisotopic (exact) mass is 170 g/mol. The minimum Gasteiger partial charge on any atom is -0.342 e. The van der Waals surface area contributed by atoms with Gasteiger partial charge in [0.15, 0.2) is 0 Å². The molecule has 0 bridgehead atoms. The van der Waals surface area contributed by atoms with E-state index in [9.17, 15) is 4.79 Å². The number of nitrogens with one attached hydrogen (secondary N) is 1. The van der Waals surface area contributed by atoms with Crippen molar-refractivity contribution in [2.24, 2.45) is 0 Å². The van der Waals surface area contributed by atoms with Gasteiger partial charge in [0, 0.05) is 13.6 Å². The number of amides is 1. The van der Waals surface area contributed by atoms with E-state index < -0.39 is 0 Å². The Bertz CT molecular complexity index is 145. The number of nitrogens with zero attached hydrogens (tertiary/aromatic N) is 1. The Morgan fingerprint density at radius 3 is 2.83 bits per heavy atom. The van der Waals surface area contributed by atoms with Crippen LogP contribution in [0.1, 0.15) is 13.3 Å². The first kappa shape index (κ1) is 11.2. The summed E-state index contributed by atoms with van der Waals surface area (Å²) in [6.45, 7) is 8.23. The van der Waals surface area contributed by atoms with Crippen molar-refractivity contribution in [3.63, 3.8) is 0 Å². The van der Waals surface area contributed by atoms with Gasteiger partial charge in [0.1, 0.15) is 0 Å². The Labute approximate surface area is 74.4 Å². The van der Waals surface area contributed by atoms with Crippen LogP contribution in [0.15, 0.2) is 12.7 Å².